The van der Waals surface area contributed by atoms with E-state index in [2.05, 4.69) is 21.0 Å². The van der Waals surface area contributed by atoms with Gasteiger partial charge >= 0.3 is 0 Å². The van der Waals surface area contributed by atoms with Crippen LogP contribution in [-0.2, 0) is 4.74 Å². The third kappa shape index (κ3) is 3.06. The van der Waals surface area contributed by atoms with Crippen molar-refractivity contribution >= 4 is 59.7 Å². The highest BCUT2D eigenvalue weighted by Crippen LogP contribution is 2.37. The summed E-state index contributed by atoms with van der Waals surface area (Å²) in [4.78, 5) is 13.4. The smallest absolute Gasteiger partial charge is 0.195 e. The number of aromatic nitrogens is 2. The molecule has 1 aliphatic rings. The van der Waals surface area contributed by atoms with E-state index in [9.17, 15) is 9.18 Å². The maximum atomic E-state index is 14.5. The van der Waals surface area contributed by atoms with E-state index >= 15 is 0 Å². The lowest BCUT2D eigenvalue weighted by Crippen LogP contribution is -2.18. The molecule has 0 radical (unpaired) electrons. The Kier molecular flexibility index (Phi) is 4.64. The molecular formula is C21H17BrFN3O2S. The van der Waals surface area contributed by atoms with E-state index in [0.29, 0.717) is 28.8 Å². The van der Waals surface area contributed by atoms with Gasteiger partial charge in [0.2, 0.25) is 0 Å². The number of hydrogen-bond donors (Lipinski definition) is 1. The number of halogens is 2. The Morgan fingerprint density at radius 1 is 1.28 bits per heavy atom. The summed E-state index contributed by atoms with van der Waals surface area (Å²) in [6.45, 7) is 0.653. The van der Waals surface area contributed by atoms with Gasteiger partial charge in [0.15, 0.2) is 11.6 Å². The number of fused-ring (bicyclic) bond motifs is 2. The van der Waals surface area contributed by atoms with Crippen LogP contribution in [0.25, 0.3) is 21.0 Å². The third-order valence-corrected chi connectivity index (χ3v) is 6.92. The summed E-state index contributed by atoms with van der Waals surface area (Å²) in [5.41, 5.74) is 7.68. The summed E-state index contributed by atoms with van der Waals surface area (Å²) < 4.78 is 23.5. The minimum Gasteiger partial charge on any atom is -0.397 e. The molecule has 2 aromatic heterocycles. The summed E-state index contributed by atoms with van der Waals surface area (Å²) in [6, 6.07) is 6.47. The Balaban J connectivity index is 1.65. The molecule has 1 unspecified atom stereocenters. The number of benzene rings is 2. The molecule has 2 aromatic carbocycles. The zero-order chi connectivity index (χ0) is 20.1. The van der Waals surface area contributed by atoms with Crippen LogP contribution in [0.2, 0.25) is 0 Å². The van der Waals surface area contributed by atoms with Crippen LogP contribution in [0.1, 0.15) is 41.4 Å². The third-order valence-electron chi connectivity index (χ3n) is 5.31. The number of ketones is 1. The Morgan fingerprint density at radius 2 is 2.14 bits per heavy atom. The van der Waals surface area contributed by atoms with Gasteiger partial charge in [-0.1, -0.05) is 15.9 Å². The van der Waals surface area contributed by atoms with Crippen molar-refractivity contribution < 1.29 is 13.9 Å². The van der Waals surface area contributed by atoms with E-state index in [1.165, 1.54) is 23.5 Å². The molecule has 4 aromatic rings. The lowest BCUT2D eigenvalue weighted by atomic mass is 9.98. The van der Waals surface area contributed by atoms with Gasteiger partial charge in [0.25, 0.3) is 0 Å². The van der Waals surface area contributed by atoms with Gasteiger partial charge in [0, 0.05) is 39.2 Å². The molecule has 1 aliphatic heterocycles. The number of rotatable bonds is 3. The van der Waals surface area contributed by atoms with Gasteiger partial charge in [0.05, 0.1) is 10.4 Å². The van der Waals surface area contributed by atoms with Crippen LogP contribution in [0, 0.1) is 5.82 Å². The van der Waals surface area contributed by atoms with Crippen molar-refractivity contribution in [2.24, 2.45) is 0 Å². The van der Waals surface area contributed by atoms with Gasteiger partial charge in [-0.05, 0) is 48.9 Å². The molecule has 0 amide bonds. The van der Waals surface area contributed by atoms with Crippen molar-refractivity contribution in [2.75, 3.05) is 12.3 Å². The number of nitrogen functional groups attached to an aromatic ring is 1. The minimum atomic E-state index is -0.464. The Hall–Kier alpha value is -2.29. The summed E-state index contributed by atoms with van der Waals surface area (Å²) in [6.07, 6.45) is 4.32. The molecular weight excluding hydrogens is 457 g/mol. The van der Waals surface area contributed by atoms with E-state index in [1.807, 2.05) is 11.4 Å². The molecule has 148 valence electrons. The lowest BCUT2D eigenvalue weighted by molar-refractivity contribution is -0.0391. The predicted octanol–water partition coefficient (Wildman–Crippen LogP) is 5.66. The van der Waals surface area contributed by atoms with Gasteiger partial charge in [-0.25, -0.2) is 9.07 Å². The fourth-order valence-electron chi connectivity index (χ4n) is 3.81. The summed E-state index contributed by atoms with van der Waals surface area (Å²) in [5, 5.41) is 7.75. The van der Waals surface area contributed by atoms with Crippen LogP contribution in [0.4, 0.5) is 10.1 Å². The molecule has 29 heavy (non-hydrogen) atoms. The average molecular weight is 474 g/mol. The van der Waals surface area contributed by atoms with Gasteiger partial charge < -0.3 is 10.5 Å². The van der Waals surface area contributed by atoms with Crippen LogP contribution in [0.15, 0.2) is 40.3 Å². The summed E-state index contributed by atoms with van der Waals surface area (Å²) in [5.74, 6) is -0.721. The zero-order valence-electron chi connectivity index (χ0n) is 15.3. The lowest BCUT2D eigenvalue weighted by Gasteiger charge is -2.22. The van der Waals surface area contributed by atoms with E-state index in [4.69, 9.17) is 10.5 Å². The molecule has 0 saturated carbocycles. The van der Waals surface area contributed by atoms with E-state index in [-0.39, 0.29) is 17.5 Å². The second-order valence-electron chi connectivity index (χ2n) is 7.10. The molecule has 5 rings (SSSR count). The first-order valence-electron chi connectivity index (χ1n) is 9.33. The number of hydrogen-bond acceptors (Lipinski definition) is 5. The second kappa shape index (κ2) is 7.19. The number of nitrogens with two attached hydrogens (primary N) is 1. The molecule has 0 aliphatic carbocycles. The maximum absolute atomic E-state index is 14.5. The van der Waals surface area contributed by atoms with Crippen LogP contribution >= 0.6 is 27.3 Å². The zero-order valence-corrected chi connectivity index (χ0v) is 17.7. The molecule has 2 N–H and O–H groups in total. The van der Waals surface area contributed by atoms with Crippen molar-refractivity contribution in [1.82, 2.24) is 9.78 Å². The molecule has 0 bridgehead atoms. The normalized spacial score (nSPS) is 17.2. The number of carbonyl (C=O) groups excluding carboxylic acids is 1. The first-order valence-corrected chi connectivity index (χ1v) is 11.0. The van der Waals surface area contributed by atoms with E-state index in [1.54, 1.807) is 16.9 Å². The highest BCUT2D eigenvalue weighted by atomic mass is 79.9. The standard InChI is InChI=1S/C21H17BrFN3O2S/c22-15-9-13(18(24)21-12(15)6-8-29-21)20(27)11-4-5-16(23)19-14(11)10-26(25-19)17-3-1-2-7-28-17/h4-6,8-10,17H,1-3,7,24H2. The van der Waals surface area contributed by atoms with Crippen LogP contribution in [-0.4, -0.2) is 22.2 Å². The van der Waals surface area contributed by atoms with Crippen LogP contribution < -0.4 is 5.73 Å². The molecule has 8 heteroatoms. The molecule has 1 saturated heterocycles. The SMILES string of the molecule is Nc1c(C(=O)c2ccc(F)c3nn(C4CCCCO4)cc23)cc(Br)c2ccsc12. The van der Waals surface area contributed by atoms with Crippen molar-refractivity contribution in [1.29, 1.82) is 0 Å². The first-order chi connectivity index (χ1) is 14.0. The fourth-order valence-corrected chi connectivity index (χ4v) is 5.38. The fraction of sp³-hybridized carbons (Fsp3) is 0.238. The molecule has 1 fully saturated rings. The number of anilines is 1. The molecule has 5 nitrogen and oxygen atoms in total. The predicted molar refractivity (Wildman–Crippen MR) is 116 cm³/mol. The van der Waals surface area contributed by atoms with E-state index in [0.717, 1.165) is 33.8 Å². The Labute approximate surface area is 178 Å². The highest BCUT2D eigenvalue weighted by Gasteiger charge is 2.24. The minimum absolute atomic E-state index is 0.167. The maximum Gasteiger partial charge on any atom is 0.195 e. The summed E-state index contributed by atoms with van der Waals surface area (Å²) in [7, 11) is 0. The largest absolute Gasteiger partial charge is 0.397 e. The van der Waals surface area contributed by atoms with Gasteiger partial charge in [-0.15, -0.1) is 11.3 Å². The van der Waals surface area contributed by atoms with Crippen LogP contribution in [0.5, 0.6) is 0 Å². The number of nitrogens with zero attached hydrogens (tertiary/aromatic N) is 2. The Morgan fingerprint density at radius 3 is 2.93 bits per heavy atom. The summed E-state index contributed by atoms with van der Waals surface area (Å²) >= 11 is 5.01. The van der Waals surface area contributed by atoms with Gasteiger partial charge in [-0.2, -0.15) is 5.10 Å². The molecule has 0 spiro atoms. The first kappa shape index (κ1) is 18.7. The highest BCUT2D eigenvalue weighted by molar-refractivity contribution is 9.10. The quantitative estimate of drug-likeness (QED) is 0.307. The second-order valence-corrected chi connectivity index (χ2v) is 8.87. The monoisotopic (exact) mass is 473 g/mol. The van der Waals surface area contributed by atoms with Crippen molar-refractivity contribution in [3.05, 3.63) is 57.3 Å². The van der Waals surface area contributed by atoms with Crippen molar-refractivity contribution in [3.8, 4) is 0 Å². The Bertz CT molecular complexity index is 1260. The van der Waals surface area contributed by atoms with Crippen LogP contribution in [0.3, 0.4) is 0 Å². The molecule has 1 atom stereocenters. The van der Waals surface area contributed by atoms with Crippen molar-refractivity contribution in [3.63, 3.8) is 0 Å². The molecule has 3 heterocycles. The van der Waals surface area contributed by atoms with E-state index < -0.39 is 5.82 Å². The van der Waals surface area contributed by atoms with Crippen molar-refractivity contribution in [2.45, 2.75) is 25.5 Å². The number of thiophene rings is 1. The topological polar surface area (TPSA) is 70.1 Å². The van der Waals surface area contributed by atoms with Gasteiger partial charge in [0.1, 0.15) is 11.7 Å². The van der Waals surface area contributed by atoms with Gasteiger partial charge in [-0.3, -0.25) is 4.79 Å². The number of carbonyl (C=O) groups is 1. The average Bonchev–Trinajstić information content (AvgIpc) is 3.40. The number of ether oxygens (including phenoxy) is 1.